The second-order valence-corrected chi connectivity index (χ2v) is 5.31. The lowest BCUT2D eigenvalue weighted by Gasteiger charge is -2.22. The Hall–Kier alpha value is -1.79. The third-order valence-corrected chi connectivity index (χ3v) is 3.86. The van der Waals surface area contributed by atoms with Crippen LogP contribution in [0.3, 0.4) is 0 Å². The highest BCUT2D eigenvalue weighted by atomic mass is 16.6. The fourth-order valence-corrected chi connectivity index (χ4v) is 2.81. The van der Waals surface area contributed by atoms with Gasteiger partial charge in [0.15, 0.2) is 0 Å². The van der Waals surface area contributed by atoms with Crippen LogP contribution in [0, 0.1) is 0 Å². The number of carbonyl (C=O) groups excluding carboxylic acids is 3. The van der Waals surface area contributed by atoms with E-state index in [0.29, 0.717) is 13.0 Å². The van der Waals surface area contributed by atoms with Gasteiger partial charge in [0, 0.05) is 6.54 Å². The van der Waals surface area contributed by atoms with E-state index in [2.05, 4.69) is 5.32 Å². The molecule has 0 unspecified atom stereocenters. The van der Waals surface area contributed by atoms with Gasteiger partial charge in [0.25, 0.3) is 0 Å². The summed E-state index contributed by atoms with van der Waals surface area (Å²) in [5.74, 6) is -0.793. The smallest absolute Gasteiger partial charge is 0.407 e. The number of alkyl carbamates (subject to hydrolysis) is 1. The normalized spacial score (nSPS) is 22.8. The second kappa shape index (κ2) is 6.58. The number of amides is 3. The zero-order valence-corrected chi connectivity index (χ0v) is 11.5. The number of rotatable bonds is 4. The van der Waals surface area contributed by atoms with Gasteiger partial charge in [0.2, 0.25) is 11.8 Å². The molecule has 1 saturated carbocycles. The Bertz CT molecular complexity index is 393. The Labute approximate surface area is 117 Å². The Kier molecular flexibility index (Phi) is 4.81. The highest BCUT2D eigenvalue weighted by Gasteiger charge is 2.32. The maximum Gasteiger partial charge on any atom is 0.407 e. The molecular formula is C13H21N3O4. The molecule has 0 aromatic carbocycles. The van der Waals surface area contributed by atoms with Gasteiger partial charge >= 0.3 is 6.09 Å². The largest absolute Gasteiger partial charge is 0.446 e. The predicted molar refractivity (Wildman–Crippen MR) is 70.7 cm³/mol. The zero-order valence-electron chi connectivity index (χ0n) is 11.5. The summed E-state index contributed by atoms with van der Waals surface area (Å²) in [6.07, 6.45) is 4.67. The average molecular weight is 283 g/mol. The minimum atomic E-state index is -0.569. The van der Waals surface area contributed by atoms with E-state index in [4.69, 9.17) is 10.5 Å². The lowest BCUT2D eigenvalue weighted by Crippen LogP contribution is -2.47. The van der Waals surface area contributed by atoms with Gasteiger partial charge in [0.1, 0.15) is 18.7 Å². The summed E-state index contributed by atoms with van der Waals surface area (Å²) in [7, 11) is 0. The quantitative estimate of drug-likeness (QED) is 0.765. The first-order valence-electron chi connectivity index (χ1n) is 7.11. The molecule has 1 saturated heterocycles. The molecule has 0 bridgehead atoms. The van der Waals surface area contributed by atoms with E-state index in [0.717, 1.165) is 32.1 Å². The monoisotopic (exact) mass is 283 g/mol. The molecule has 0 aromatic heterocycles. The summed E-state index contributed by atoms with van der Waals surface area (Å²) in [6, 6.07) is -0.546. The van der Waals surface area contributed by atoms with Gasteiger partial charge in [-0.3, -0.25) is 9.59 Å². The highest BCUT2D eigenvalue weighted by Crippen LogP contribution is 2.21. The van der Waals surface area contributed by atoms with Gasteiger partial charge in [-0.25, -0.2) is 4.79 Å². The number of nitrogens with zero attached hydrogens (tertiary/aromatic N) is 1. The van der Waals surface area contributed by atoms with Gasteiger partial charge in [-0.05, 0) is 38.5 Å². The van der Waals surface area contributed by atoms with E-state index in [1.54, 1.807) is 0 Å². The number of hydrogen-bond acceptors (Lipinski definition) is 4. The highest BCUT2D eigenvalue weighted by molar-refractivity contribution is 5.89. The first-order valence-corrected chi connectivity index (χ1v) is 7.11. The van der Waals surface area contributed by atoms with Crippen molar-refractivity contribution < 1.29 is 19.1 Å². The third kappa shape index (κ3) is 3.61. The number of nitrogens with two attached hydrogens (primary N) is 1. The number of ether oxygens (including phenoxy) is 1. The van der Waals surface area contributed by atoms with Crippen molar-refractivity contribution in [1.82, 2.24) is 10.2 Å². The fourth-order valence-electron chi connectivity index (χ4n) is 2.81. The van der Waals surface area contributed by atoms with Gasteiger partial charge in [-0.15, -0.1) is 0 Å². The van der Waals surface area contributed by atoms with Crippen LogP contribution in [0.5, 0.6) is 0 Å². The number of likely N-dealkylation sites (tertiary alicyclic amines) is 1. The third-order valence-electron chi connectivity index (χ3n) is 3.86. The summed E-state index contributed by atoms with van der Waals surface area (Å²) in [6.45, 7) is 0.348. The molecule has 7 nitrogen and oxygen atoms in total. The van der Waals surface area contributed by atoms with Crippen LogP contribution < -0.4 is 11.1 Å². The van der Waals surface area contributed by atoms with Crippen LogP contribution in [0.25, 0.3) is 0 Å². The molecule has 7 heteroatoms. The van der Waals surface area contributed by atoms with Crippen molar-refractivity contribution in [2.24, 2.45) is 5.73 Å². The summed E-state index contributed by atoms with van der Waals surface area (Å²) in [5, 5.41) is 2.44. The van der Waals surface area contributed by atoms with Gasteiger partial charge in [-0.2, -0.15) is 0 Å². The molecule has 112 valence electrons. The van der Waals surface area contributed by atoms with Crippen molar-refractivity contribution in [2.75, 3.05) is 13.1 Å². The molecule has 2 fully saturated rings. The van der Waals surface area contributed by atoms with Crippen molar-refractivity contribution in [1.29, 1.82) is 0 Å². The lowest BCUT2D eigenvalue weighted by molar-refractivity contribution is -0.136. The maximum atomic E-state index is 11.9. The van der Waals surface area contributed by atoms with E-state index in [-0.39, 0.29) is 18.6 Å². The summed E-state index contributed by atoms with van der Waals surface area (Å²) in [5.41, 5.74) is 5.25. The van der Waals surface area contributed by atoms with Crippen LogP contribution in [0.2, 0.25) is 0 Å². The molecule has 20 heavy (non-hydrogen) atoms. The van der Waals surface area contributed by atoms with Crippen molar-refractivity contribution >= 4 is 17.9 Å². The minimum Gasteiger partial charge on any atom is -0.446 e. The van der Waals surface area contributed by atoms with Crippen LogP contribution in [0.1, 0.15) is 38.5 Å². The molecule has 0 spiro atoms. The molecule has 1 aliphatic heterocycles. The van der Waals surface area contributed by atoms with Gasteiger partial charge in [-0.1, -0.05) is 0 Å². The zero-order chi connectivity index (χ0) is 14.5. The predicted octanol–water partition coefficient (Wildman–Crippen LogP) is 0.131. The van der Waals surface area contributed by atoms with Crippen LogP contribution in [-0.2, 0) is 14.3 Å². The fraction of sp³-hybridized carbons (Fsp3) is 0.769. The summed E-state index contributed by atoms with van der Waals surface area (Å²) >= 11 is 0. The minimum absolute atomic E-state index is 0.0322. The molecule has 1 heterocycles. The van der Waals surface area contributed by atoms with Crippen molar-refractivity contribution in [3.05, 3.63) is 0 Å². The maximum absolute atomic E-state index is 11.9. The molecule has 1 aliphatic carbocycles. The van der Waals surface area contributed by atoms with Crippen LogP contribution >= 0.6 is 0 Å². The standard InChI is InChI=1S/C13H21N3O4/c14-12(18)10-6-3-7-16(10)11(17)8-15-13(19)20-9-4-1-2-5-9/h9-10H,1-8H2,(H2,14,18)(H,15,19)/t10-/m0/s1. The summed E-state index contributed by atoms with van der Waals surface area (Å²) in [4.78, 5) is 36.1. The Morgan fingerprint density at radius 1 is 1.15 bits per heavy atom. The van der Waals surface area contributed by atoms with Crippen LogP contribution in [0.4, 0.5) is 4.79 Å². The number of primary amides is 1. The van der Waals surface area contributed by atoms with Crippen molar-refractivity contribution in [3.63, 3.8) is 0 Å². The Morgan fingerprint density at radius 2 is 1.85 bits per heavy atom. The van der Waals surface area contributed by atoms with E-state index in [9.17, 15) is 14.4 Å². The van der Waals surface area contributed by atoms with E-state index in [1.807, 2.05) is 0 Å². The molecular weight excluding hydrogens is 262 g/mol. The van der Waals surface area contributed by atoms with E-state index < -0.39 is 18.0 Å². The molecule has 0 aromatic rings. The van der Waals surface area contributed by atoms with E-state index >= 15 is 0 Å². The average Bonchev–Trinajstić information content (AvgIpc) is 3.06. The second-order valence-electron chi connectivity index (χ2n) is 5.31. The Balaban J connectivity index is 1.73. The SMILES string of the molecule is NC(=O)[C@@H]1CCCN1C(=O)CNC(=O)OC1CCCC1. The molecule has 3 N–H and O–H groups in total. The number of carbonyl (C=O) groups is 3. The number of hydrogen-bond donors (Lipinski definition) is 2. The van der Waals surface area contributed by atoms with Crippen molar-refractivity contribution in [2.45, 2.75) is 50.7 Å². The topological polar surface area (TPSA) is 102 Å². The van der Waals surface area contributed by atoms with Gasteiger partial charge < -0.3 is 20.7 Å². The molecule has 1 atom stereocenters. The van der Waals surface area contributed by atoms with Crippen LogP contribution in [-0.4, -0.2) is 48.0 Å². The van der Waals surface area contributed by atoms with Crippen molar-refractivity contribution in [3.8, 4) is 0 Å². The Morgan fingerprint density at radius 3 is 2.50 bits per heavy atom. The van der Waals surface area contributed by atoms with Crippen LogP contribution in [0.15, 0.2) is 0 Å². The molecule has 3 amide bonds. The molecule has 0 radical (unpaired) electrons. The number of nitrogens with one attached hydrogen (secondary N) is 1. The summed E-state index contributed by atoms with van der Waals surface area (Å²) < 4.78 is 5.19. The molecule has 2 rings (SSSR count). The first kappa shape index (κ1) is 14.6. The van der Waals surface area contributed by atoms with Gasteiger partial charge in [0.05, 0.1) is 0 Å². The lowest BCUT2D eigenvalue weighted by atomic mass is 10.2. The van der Waals surface area contributed by atoms with E-state index in [1.165, 1.54) is 4.90 Å². The molecule has 2 aliphatic rings. The first-order chi connectivity index (χ1) is 9.58.